The van der Waals surface area contributed by atoms with Crippen molar-refractivity contribution in [1.29, 1.82) is 0 Å². The predicted octanol–water partition coefficient (Wildman–Crippen LogP) is 3.44. The molecular formula is C14H32N2. The van der Waals surface area contributed by atoms with E-state index < -0.39 is 0 Å². The van der Waals surface area contributed by atoms with Crippen molar-refractivity contribution in [2.75, 3.05) is 0 Å². The number of hydrogen-bond acceptors (Lipinski definition) is 2. The highest BCUT2D eigenvalue weighted by atomic mass is 14.7. The Balaban J connectivity index is 0.000000288. The van der Waals surface area contributed by atoms with Gasteiger partial charge >= 0.3 is 0 Å². The van der Waals surface area contributed by atoms with E-state index in [0.29, 0.717) is 11.5 Å². The van der Waals surface area contributed by atoms with Crippen molar-refractivity contribution in [3.63, 3.8) is 0 Å². The highest BCUT2D eigenvalue weighted by molar-refractivity contribution is 4.78. The summed E-state index contributed by atoms with van der Waals surface area (Å²) in [6.07, 6.45) is 7.73. The molecule has 4 N–H and O–H groups in total. The van der Waals surface area contributed by atoms with Gasteiger partial charge in [0.05, 0.1) is 0 Å². The quantitative estimate of drug-likeness (QED) is 0.722. The van der Waals surface area contributed by atoms with Gasteiger partial charge in [-0.2, -0.15) is 0 Å². The van der Waals surface area contributed by atoms with Crippen LogP contribution < -0.4 is 11.5 Å². The lowest BCUT2D eigenvalue weighted by Crippen LogP contribution is -2.36. The van der Waals surface area contributed by atoms with E-state index in [1.807, 2.05) is 0 Å². The van der Waals surface area contributed by atoms with E-state index in [0.717, 1.165) is 6.42 Å². The topological polar surface area (TPSA) is 52.0 Å². The maximum atomic E-state index is 5.82. The van der Waals surface area contributed by atoms with Gasteiger partial charge in [-0.3, -0.25) is 0 Å². The van der Waals surface area contributed by atoms with E-state index in [9.17, 15) is 0 Å². The summed E-state index contributed by atoms with van der Waals surface area (Å²) < 4.78 is 0. The normalized spacial score (nSPS) is 18.9. The van der Waals surface area contributed by atoms with Crippen molar-refractivity contribution < 1.29 is 0 Å². The van der Waals surface area contributed by atoms with Crippen molar-refractivity contribution in [3.05, 3.63) is 0 Å². The molecule has 0 spiro atoms. The van der Waals surface area contributed by atoms with Gasteiger partial charge in [0.15, 0.2) is 0 Å². The number of hydrogen-bond donors (Lipinski definition) is 2. The van der Waals surface area contributed by atoms with Gasteiger partial charge in [-0.15, -0.1) is 0 Å². The number of nitrogens with two attached hydrogens (primary N) is 2. The van der Waals surface area contributed by atoms with Gasteiger partial charge in [0.2, 0.25) is 0 Å². The van der Waals surface area contributed by atoms with Crippen LogP contribution in [0.2, 0.25) is 0 Å². The molecule has 1 aliphatic rings. The van der Waals surface area contributed by atoms with Gasteiger partial charge < -0.3 is 11.5 Å². The van der Waals surface area contributed by atoms with Crippen molar-refractivity contribution in [3.8, 4) is 0 Å². The Morgan fingerprint density at radius 3 is 1.50 bits per heavy atom. The highest BCUT2D eigenvalue weighted by Crippen LogP contribution is 2.24. The molecule has 1 fully saturated rings. The summed E-state index contributed by atoms with van der Waals surface area (Å²) in [5, 5.41) is 0. The first-order chi connectivity index (χ1) is 7.10. The molecule has 1 aliphatic carbocycles. The predicted molar refractivity (Wildman–Crippen MR) is 73.4 cm³/mol. The third kappa shape index (κ3) is 12.0. The zero-order valence-electron chi connectivity index (χ0n) is 12.0. The van der Waals surface area contributed by atoms with Crippen LogP contribution in [0, 0.1) is 5.41 Å². The van der Waals surface area contributed by atoms with E-state index in [-0.39, 0.29) is 5.54 Å². The van der Waals surface area contributed by atoms with E-state index in [2.05, 4.69) is 34.6 Å². The molecule has 0 aromatic rings. The van der Waals surface area contributed by atoms with Crippen LogP contribution in [0.4, 0.5) is 0 Å². The lowest BCUT2D eigenvalue weighted by molar-refractivity contribution is 0.286. The minimum atomic E-state index is -0.0156. The summed E-state index contributed by atoms with van der Waals surface area (Å²) in [6.45, 7) is 10.8. The van der Waals surface area contributed by atoms with Crippen LogP contribution in [-0.4, -0.2) is 11.6 Å². The molecule has 1 rings (SSSR count). The molecule has 0 bridgehead atoms. The minimum Gasteiger partial charge on any atom is -0.328 e. The van der Waals surface area contributed by atoms with E-state index in [4.69, 9.17) is 11.5 Å². The summed E-state index contributed by atoms with van der Waals surface area (Å²) >= 11 is 0. The highest BCUT2D eigenvalue weighted by Gasteiger charge is 2.20. The molecule has 0 radical (unpaired) electrons. The van der Waals surface area contributed by atoms with E-state index >= 15 is 0 Å². The van der Waals surface area contributed by atoms with Crippen molar-refractivity contribution in [2.24, 2.45) is 16.9 Å². The third-order valence-electron chi connectivity index (χ3n) is 2.64. The monoisotopic (exact) mass is 228 g/mol. The average Bonchev–Trinajstić information content (AvgIpc) is 1.99. The molecule has 16 heavy (non-hydrogen) atoms. The van der Waals surface area contributed by atoms with Gasteiger partial charge in [-0.1, -0.05) is 40.0 Å². The molecule has 0 atom stereocenters. The molecule has 0 unspecified atom stereocenters. The molecule has 0 heterocycles. The Hall–Kier alpha value is -0.0800. The second kappa shape index (κ2) is 6.61. The van der Waals surface area contributed by atoms with Crippen LogP contribution in [0.1, 0.15) is 73.1 Å². The summed E-state index contributed by atoms with van der Waals surface area (Å²) in [6, 6.07) is 0.536. The van der Waals surface area contributed by atoms with Crippen LogP contribution in [-0.2, 0) is 0 Å². The average molecular weight is 228 g/mol. The van der Waals surface area contributed by atoms with Crippen molar-refractivity contribution in [2.45, 2.75) is 84.7 Å². The third-order valence-corrected chi connectivity index (χ3v) is 2.64. The van der Waals surface area contributed by atoms with Gasteiger partial charge in [-0.05, 0) is 38.5 Å². The summed E-state index contributed by atoms with van der Waals surface area (Å²) in [5.74, 6) is 0. The fourth-order valence-corrected chi connectivity index (χ4v) is 2.50. The van der Waals surface area contributed by atoms with Crippen LogP contribution in [0.3, 0.4) is 0 Å². The lowest BCUT2D eigenvalue weighted by Gasteiger charge is -2.28. The SMILES string of the molecule is CC(C)(C)CC(C)(C)N.NC1CCCCC1. The summed E-state index contributed by atoms with van der Waals surface area (Å²) in [7, 11) is 0. The van der Waals surface area contributed by atoms with Gasteiger partial charge in [-0.25, -0.2) is 0 Å². The molecule has 0 aliphatic heterocycles. The Kier molecular flexibility index (Phi) is 6.57. The zero-order valence-corrected chi connectivity index (χ0v) is 12.0. The minimum absolute atomic E-state index is 0.0156. The summed E-state index contributed by atoms with van der Waals surface area (Å²) in [5.41, 5.74) is 11.8. The second-order valence-electron chi connectivity index (χ2n) is 7.12. The molecule has 2 heteroatoms. The first kappa shape index (κ1) is 15.9. The van der Waals surface area contributed by atoms with Crippen LogP contribution >= 0.6 is 0 Å². The molecule has 2 nitrogen and oxygen atoms in total. The van der Waals surface area contributed by atoms with Gasteiger partial charge in [0, 0.05) is 11.6 Å². The van der Waals surface area contributed by atoms with Gasteiger partial charge in [0.25, 0.3) is 0 Å². The molecule has 1 saturated carbocycles. The molecule has 0 aromatic heterocycles. The molecular weight excluding hydrogens is 196 g/mol. The van der Waals surface area contributed by atoms with Crippen LogP contribution in [0.5, 0.6) is 0 Å². The molecule has 98 valence electrons. The van der Waals surface area contributed by atoms with Gasteiger partial charge in [0.1, 0.15) is 0 Å². The largest absolute Gasteiger partial charge is 0.328 e. The van der Waals surface area contributed by atoms with E-state index in [1.165, 1.54) is 32.1 Å². The fourth-order valence-electron chi connectivity index (χ4n) is 2.50. The smallest absolute Gasteiger partial charge is 0.0102 e. The Bertz CT molecular complexity index is 156. The first-order valence-electron chi connectivity index (χ1n) is 6.65. The van der Waals surface area contributed by atoms with Crippen LogP contribution in [0.25, 0.3) is 0 Å². The first-order valence-corrected chi connectivity index (χ1v) is 6.65. The lowest BCUT2D eigenvalue weighted by atomic mass is 9.82. The second-order valence-corrected chi connectivity index (χ2v) is 7.12. The molecule has 0 saturated heterocycles. The Morgan fingerprint density at radius 2 is 1.38 bits per heavy atom. The number of rotatable bonds is 1. The fraction of sp³-hybridized carbons (Fsp3) is 1.00. The Morgan fingerprint density at radius 1 is 0.938 bits per heavy atom. The maximum Gasteiger partial charge on any atom is 0.0102 e. The van der Waals surface area contributed by atoms with Crippen LogP contribution in [0.15, 0.2) is 0 Å². The Labute approximate surface area is 102 Å². The van der Waals surface area contributed by atoms with E-state index in [1.54, 1.807) is 0 Å². The van der Waals surface area contributed by atoms with Crippen molar-refractivity contribution >= 4 is 0 Å². The van der Waals surface area contributed by atoms with Crippen molar-refractivity contribution in [1.82, 2.24) is 0 Å². The molecule has 0 amide bonds. The summed E-state index contributed by atoms with van der Waals surface area (Å²) in [4.78, 5) is 0. The molecule has 0 aromatic carbocycles. The maximum absolute atomic E-state index is 5.82. The zero-order chi connectivity index (χ0) is 12.8. The standard InChI is InChI=1S/C8H19N.C6H13N/c1-7(2,3)6-8(4,5)9;7-6-4-2-1-3-5-6/h6,9H2,1-5H3;6H,1-5,7H2.